The van der Waals surface area contributed by atoms with Crippen LogP contribution in [0, 0.1) is 0 Å². The van der Waals surface area contributed by atoms with Crippen molar-refractivity contribution in [1.82, 2.24) is 25.2 Å². The summed E-state index contributed by atoms with van der Waals surface area (Å²) in [6.45, 7) is 2.43. The van der Waals surface area contributed by atoms with E-state index in [1.807, 2.05) is 19.2 Å². The third kappa shape index (κ3) is 3.67. The number of hydrogen-bond acceptors (Lipinski definition) is 6. The second-order valence-corrected chi connectivity index (χ2v) is 7.26. The molecule has 1 N–H and O–H groups in total. The lowest BCUT2D eigenvalue weighted by atomic mass is 9.99. The Balaban J connectivity index is 1.54. The van der Waals surface area contributed by atoms with Crippen LogP contribution in [0.1, 0.15) is 24.2 Å². The van der Waals surface area contributed by atoms with Crippen LogP contribution in [0.3, 0.4) is 0 Å². The van der Waals surface area contributed by atoms with Gasteiger partial charge in [0.1, 0.15) is 11.4 Å². The Bertz CT molecular complexity index is 1060. The highest BCUT2D eigenvalue weighted by Crippen LogP contribution is 2.29. The first-order valence-corrected chi connectivity index (χ1v) is 9.41. The average molecular weight is 397 g/mol. The van der Waals surface area contributed by atoms with Crippen molar-refractivity contribution in [3.63, 3.8) is 0 Å². The summed E-state index contributed by atoms with van der Waals surface area (Å²) in [7, 11) is 3.45. The summed E-state index contributed by atoms with van der Waals surface area (Å²) in [6.07, 6.45) is 1.84. The van der Waals surface area contributed by atoms with Crippen molar-refractivity contribution >= 4 is 22.8 Å². The molecule has 0 bridgehead atoms. The normalized spacial score (nSPS) is 18.9. The fourth-order valence-electron chi connectivity index (χ4n) is 3.94. The highest BCUT2D eigenvalue weighted by atomic mass is 16.5. The summed E-state index contributed by atoms with van der Waals surface area (Å²) < 4.78 is 12.4. The Morgan fingerprint density at radius 2 is 2.14 bits per heavy atom. The van der Waals surface area contributed by atoms with Crippen molar-refractivity contribution < 1.29 is 18.8 Å². The number of benzene rings is 1. The van der Waals surface area contributed by atoms with Gasteiger partial charge >= 0.3 is 0 Å². The van der Waals surface area contributed by atoms with Crippen LogP contribution in [-0.4, -0.2) is 57.9 Å². The molecule has 0 radical (unpaired) electrons. The molecule has 1 saturated heterocycles. The van der Waals surface area contributed by atoms with Gasteiger partial charge in [-0.25, -0.2) is 0 Å². The van der Waals surface area contributed by atoms with E-state index in [4.69, 9.17) is 9.26 Å². The van der Waals surface area contributed by atoms with Gasteiger partial charge in [0.05, 0.1) is 19.6 Å². The molecule has 0 unspecified atom stereocenters. The standard InChI is InChI=1S/C20H23N5O4/c1-12(26)22-17-11-25(10-15(17)18-6-7-21-24(18)2)20(27)9-16-14-8-13(28-3)4-5-19(14)29-23-16/h4-8,15,17H,9-11H2,1-3H3,(H,22,26)/t15-,17-/m1/s1. The third-order valence-corrected chi connectivity index (χ3v) is 5.37. The number of carbonyl (C=O) groups is 2. The van der Waals surface area contributed by atoms with E-state index in [-0.39, 0.29) is 30.2 Å². The van der Waals surface area contributed by atoms with Crippen LogP contribution < -0.4 is 10.1 Å². The van der Waals surface area contributed by atoms with Gasteiger partial charge in [-0.3, -0.25) is 14.3 Å². The predicted octanol–water partition coefficient (Wildman–Crippen LogP) is 1.24. The quantitative estimate of drug-likeness (QED) is 0.695. The number of nitrogens with zero attached hydrogens (tertiary/aromatic N) is 4. The lowest BCUT2D eigenvalue weighted by molar-refractivity contribution is -0.130. The molecule has 1 aliphatic rings. The van der Waals surface area contributed by atoms with E-state index in [2.05, 4.69) is 15.6 Å². The second-order valence-electron chi connectivity index (χ2n) is 7.26. The molecular weight excluding hydrogens is 374 g/mol. The number of likely N-dealkylation sites (tertiary alicyclic amines) is 1. The topological polar surface area (TPSA) is 102 Å². The molecule has 2 amide bonds. The highest BCUT2D eigenvalue weighted by Gasteiger charge is 2.38. The second kappa shape index (κ2) is 7.57. The minimum Gasteiger partial charge on any atom is -0.497 e. The molecule has 1 aliphatic heterocycles. The number of nitrogens with one attached hydrogen (secondary N) is 1. The Hall–Kier alpha value is -3.36. The van der Waals surface area contributed by atoms with Crippen LogP contribution in [0.25, 0.3) is 11.0 Å². The van der Waals surface area contributed by atoms with E-state index in [1.165, 1.54) is 6.92 Å². The first-order valence-electron chi connectivity index (χ1n) is 9.41. The molecule has 2 aromatic heterocycles. The van der Waals surface area contributed by atoms with Gasteiger partial charge in [0, 0.05) is 50.3 Å². The number of rotatable bonds is 5. The minimum atomic E-state index is -0.166. The van der Waals surface area contributed by atoms with Crippen LogP contribution in [0.2, 0.25) is 0 Å². The maximum Gasteiger partial charge on any atom is 0.228 e. The first kappa shape index (κ1) is 19.0. The Morgan fingerprint density at radius 1 is 1.31 bits per heavy atom. The van der Waals surface area contributed by atoms with Gasteiger partial charge in [-0.2, -0.15) is 5.10 Å². The summed E-state index contributed by atoms with van der Waals surface area (Å²) in [5.41, 5.74) is 2.17. The van der Waals surface area contributed by atoms with Gasteiger partial charge in [0.15, 0.2) is 5.58 Å². The largest absolute Gasteiger partial charge is 0.497 e. The zero-order chi connectivity index (χ0) is 20.5. The number of hydrogen-bond donors (Lipinski definition) is 1. The Kier molecular flexibility index (Phi) is 4.96. The van der Waals surface area contributed by atoms with Crippen LogP contribution >= 0.6 is 0 Å². The molecule has 29 heavy (non-hydrogen) atoms. The third-order valence-electron chi connectivity index (χ3n) is 5.37. The highest BCUT2D eigenvalue weighted by molar-refractivity contribution is 5.87. The van der Waals surface area contributed by atoms with Crippen molar-refractivity contribution in [1.29, 1.82) is 0 Å². The summed E-state index contributed by atoms with van der Waals surface area (Å²) in [4.78, 5) is 26.5. The Labute approximate surface area is 167 Å². The van der Waals surface area contributed by atoms with Crippen molar-refractivity contribution in [3.05, 3.63) is 41.9 Å². The summed E-state index contributed by atoms with van der Waals surface area (Å²) in [5, 5.41) is 12.0. The van der Waals surface area contributed by atoms with Gasteiger partial charge < -0.3 is 19.5 Å². The number of fused-ring (bicyclic) bond motifs is 1. The van der Waals surface area contributed by atoms with Crippen molar-refractivity contribution in [2.45, 2.75) is 25.3 Å². The molecule has 4 rings (SSSR count). The van der Waals surface area contributed by atoms with E-state index >= 15 is 0 Å². The predicted molar refractivity (Wildman–Crippen MR) is 104 cm³/mol. The van der Waals surface area contributed by atoms with Gasteiger partial charge in [-0.1, -0.05) is 5.16 Å². The van der Waals surface area contributed by atoms with Crippen LogP contribution in [0.15, 0.2) is 35.0 Å². The monoisotopic (exact) mass is 397 g/mol. The zero-order valence-corrected chi connectivity index (χ0v) is 16.6. The molecule has 9 heteroatoms. The van der Waals surface area contributed by atoms with Gasteiger partial charge in [-0.05, 0) is 24.3 Å². The molecule has 0 saturated carbocycles. The zero-order valence-electron chi connectivity index (χ0n) is 16.6. The van der Waals surface area contributed by atoms with Crippen molar-refractivity contribution in [2.75, 3.05) is 20.2 Å². The van der Waals surface area contributed by atoms with E-state index in [0.717, 1.165) is 11.1 Å². The van der Waals surface area contributed by atoms with Crippen molar-refractivity contribution in [2.24, 2.45) is 7.05 Å². The van der Waals surface area contributed by atoms with E-state index in [9.17, 15) is 9.59 Å². The molecule has 1 fully saturated rings. The SMILES string of the molecule is COc1ccc2onc(CC(=O)N3C[C@@H](NC(C)=O)[C@H](c4ccnn4C)C3)c2c1. The number of amides is 2. The summed E-state index contributed by atoms with van der Waals surface area (Å²) in [5.74, 6) is 0.469. The fraction of sp³-hybridized carbons (Fsp3) is 0.400. The Morgan fingerprint density at radius 3 is 2.83 bits per heavy atom. The molecule has 0 spiro atoms. The number of carbonyl (C=O) groups excluding carboxylic acids is 2. The molecular formula is C20H23N5O4. The lowest BCUT2D eigenvalue weighted by Crippen LogP contribution is -2.39. The molecule has 1 aromatic carbocycles. The van der Waals surface area contributed by atoms with Crippen molar-refractivity contribution in [3.8, 4) is 5.75 Å². The van der Waals surface area contributed by atoms with Gasteiger partial charge in [-0.15, -0.1) is 0 Å². The number of aryl methyl sites for hydroxylation is 1. The summed E-state index contributed by atoms with van der Waals surface area (Å²) in [6, 6.07) is 7.13. The van der Waals surface area contributed by atoms with E-state index < -0.39 is 0 Å². The fourth-order valence-corrected chi connectivity index (χ4v) is 3.94. The number of methoxy groups -OCH3 is 1. The maximum absolute atomic E-state index is 13.0. The summed E-state index contributed by atoms with van der Waals surface area (Å²) >= 11 is 0. The lowest BCUT2D eigenvalue weighted by Gasteiger charge is -2.18. The molecule has 2 atom stereocenters. The molecule has 3 heterocycles. The first-order chi connectivity index (χ1) is 14.0. The molecule has 9 nitrogen and oxygen atoms in total. The number of ether oxygens (including phenoxy) is 1. The van der Waals surface area contributed by atoms with Gasteiger partial charge in [0.25, 0.3) is 0 Å². The maximum atomic E-state index is 13.0. The van der Waals surface area contributed by atoms with Crippen LogP contribution in [0.4, 0.5) is 0 Å². The molecule has 152 valence electrons. The molecule has 0 aliphatic carbocycles. The van der Waals surface area contributed by atoms with E-state index in [1.54, 1.807) is 35.0 Å². The van der Waals surface area contributed by atoms with Crippen LogP contribution in [-0.2, 0) is 23.1 Å². The molecule has 3 aromatic rings. The van der Waals surface area contributed by atoms with Gasteiger partial charge in [0.2, 0.25) is 11.8 Å². The number of aromatic nitrogens is 3. The van der Waals surface area contributed by atoms with E-state index in [0.29, 0.717) is 30.1 Å². The smallest absolute Gasteiger partial charge is 0.228 e. The minimum absolute atomic E-state index is 0.0236. The average Bonchev–Trinajstić information content (AvgIpc) is 3.40. The van der Waals surface area contributed by atoms with Crippen LogP contribution in [0.5, 0.6) is 5.75 Å².